The summed E-state index contributed by atoms with van der Waals surface area (Å²) in [6.45, 7) is 0. The van der Waals surface area contributed by atoms with Crippen LogP contribution in [0.5, 0.6) is 0 Å². The van der Waals surface area contributed by atoms with Crippen molar-refractivity contribution in [2.45, 2.75) is 62.6 Å². The zero-order valence-electron chi connectivity index (χ0n) is 12.6. The Bertz CT molecular complexity index is 475. The van der Waals surface area contributed by atoms with E-state index in [-0.39, 0.29) is 17.6 Å². The molecule has 2 nitrogen and oxygen atoms in total. The Kier molecular flexibility index (Phi) is 5.68. The van der Waals surface area contributed by atoms with Gasteiger partial charge in [0.2, 0.25) is 0 Å². The van der Waals surface area contributed by atoms with Crippen LogP contribution in [0.2, 0.25) is 0 Å². The molecule has 0 aromatic heterocycles. The van der Waals surface area contributed by atoms with E-state index >= 15 is 0 Å². The van der Waals surface area contributed by atoms with E-state index in [2.05, 4.69) is 23.2 Å². The topological polar surface area (TPSA) is 32.3 Å². The summed E-state index contributed by atoms with van der Waals surface area (Å²) in [6.07, 6.45) is 25.4. The van der Waals surface area contributed by atoms with Gasteiger partial charge in [0, 0.05) is 17.5 Å². The maximum Gasteiger partial charge on any atom is 0.0620 e. The van der Waals surface area contributed by atoms with Crippen molar-refractivity contribution >= 4 is 0 Å². The van der Waals surface area contributed by atoms with Crippen LogP contribution >= 0.6 is 0 Å². The van der Waals surface area contributed by atoms with E-state index in [9.17, 15) is 5.11 Å². The number of aliphatic hydroxyl groups is 1. The Morgan fingerprint density at radius 2 is 1.86 bits per heavy atom. The van der Waals surface area contributed by atoms with E-state index < -0.39 is 0 Å². The molecule has 1 aliphatic carbocycles. The van der Waals surface area contributed by atoms with Gasteiger partial charge in [-0.25, -0.2) is 0 Å². The highest BCUT2D eigenvalue weighted by Gasteiger charge is 2.45. The average Bonchev–Trinajstić information content (AvgIpc) is 2.47. The first-order valence-corrected chi connectivity index (χ1v) is 7.91. The molecule has 0 amide bonds. The number of hydrogen-bond acceptors (Lipinski definition) is 2. The molecular formula is C19H25NO. The van der Waals surface area contributed by atoms with E-state index in [1.165, 1.54) is 12.8 Å². The van der Waals surface area contributed by atoms with Gasteiger partial charge in [0.1, 0.15) is 0 Å². The molecule has 1 saturated carbocycles. The number of allylic oxidation sites excluding steroid dienone is 2. The molecule has 3 unspecified atom stereocenters. The quantitative estimate of drug-likeness (QED) is 0.781. The van der Waals surface area contributed by atoms with Crippen molar-refractivity contribution in [2.24, 2.45) is 5.92 Å². The van der Waals surface area contributed by atoms with E-state index in [1.807, 2.05) is 6.08 Å². The lowest BCUT2D eigenvalue weighted by Gasteiger charge is -2.51. The van der Waals surface area contributed by atoms with Crippen LogP contribution in [0.3, 0.4) is 0 Å². The van der Waals surface area contributed by atoms with Crippen molar-refractivity contribution < 1.29 is 5.11 Å². The van der Waals surface area contributed by atoms with Crippen LogP contribution in [0.25, 0.3) is 0 Å². The van der Waals surface area contributed by atoms with Crippen molar-refractivity contribution in [3.05, 3.63) is 24.3 Å². The summed E-state index contributed by atoms with van der Waals surface area (Å²) in [5, 5.41) is 14.2. The zero-order valence-corrected chi connectivity index (χ0v) is 12.6. The molecule has 1 saturated heterocycles. The van der Waals surface area contributed by atoms with Gasteiger partial charge in [-0.15, -0.1) is 12.8 Å². The highest BCUT2D eigenvalue weighted by Crippen LogP contribution is 2.41. The summed E-state index contributed by atoms with van der Waals surface area (Å²) in [4.78, 5) is 0. The molecule has 0 aromatic rings. The molecule has 112 valence electrons. The maximum atomic E-state index is 10.4. The molecule has 2 fully saturated rings. The Balaban J connectivity index is 2.13. The predicted octanol–water partition coefficient (Wildman–Crippen LogP) is 2.80. The number of rotatable bonds is 3. The first kappa shape index (κ1) is 15.9. The molecule has 2 aliphatic rings. The Morgan fingerprint density at radius 3 is 2.57 bits per heavy atom. The molecule has 1 spiro atoms. The molecule has 2 N–H and O–H groups in total. The van der Waals surface area contributed by atoms with Crippen LogP contribution in [-0.2, 0) is 0 Å². The Hall–Kier alpha value is -1.48. The third kappa shape index (κ3) is 3.79. The van der Waals surface area contributed by atoms with Crippen molar-refractivity contribution in [3.63, 3.8) is 0 Å². The third-order valence-electron chi connectivity index (χ3n) is 4.88. The van der Waals surface area contributed by atoms with Gasteiger partial charge in [-0.05, 0) is 50.7 Å². The van der Waals surface area contributed by atoms with E-state index in [1.54, 1.807) is 12.2 Å². The Morgan fingerprint density at radius 1 is 1.14 bits per heavy atom. The molecular weight excluding hydrogens is 258 g/mol. The lowest BCUT2D eigenvalue weighted by atomic mass is 9.66. The zero-order chi connectivity index (χ0) is 15.1. The minimum absolute atomic E-state index is 0.00207. The van der Waals surface area contributed by atoms with Gasteiger partial charge < -0.3 is 10.4 Å². The second-order valence-electron chi connectivity index (χ2n) is 6.21. The summed E-state index contributed by atoms with van der Waals surface area (Å²) >= 11 is 0. The van der Waals surface area contributed by atoms with E-state index in [0.717, 1.165) is 32.1 Å². The van der Waals surface area contributed by atoms with Crippen molar-refractivity contribution in [1.82, 2.24) is 5.32 Å². The van der Waals surface area contributed by atoms with Crippen LogP contribution in [0.15, 0.2) is 24.3 Å². The van der Waals surface area contributed by atoms with Crippen LogP contribution in [0.1, 0.15) is 44.9 Å². The number of piperidine rings is 1. The molecule has 1 heterocycles. The van der Waals surface area contributed by atoms with Gasteiger partial charge in [-0.3, -0.25) is 0 Å². The fraction of sp³-hybridized carbons (Fsp3) is 0.579. The summed E-state index contributed by atoms with van der Waals surface area (Å²) in [5.74, 6) is 5.21. The highest BCUT2D eigenvalue weighted by molar-refractivity contribution is 5.18. The van der Waals surface area contributed by atoms with Crippen LogP contribution in [-0.4, -0.2) is 22.8 Å². The minimum Gasteiger partial charge on any atom is -0.392 e. The standard InChI is InChI=1S/C19H25NO/c1-3-5-7-10-16-11-8-14-19(20-16)15-9-13-18(21)17(19)12-6-4-2/h1-2,5-7,12,16-18,20-21H,8-11,13-15H2/b7-5-,12-6-/t16-,17?,18?,19?/m0/s1. The van der Waals surface area contributed by atoms with Gasteiger partial charge in [-0.1, -0.05) is 30.4 Å². The SMILES string of the molecule is C#C/C=C\C[C@H]1CCCC2(CCCC(O)C2/C=C\C#C)N1. The second-order valence-corrected chi connectivity index (χ2v) is 6.21. The van der Waals surface area contributed by atoms with E-state index in [0.29, 0.717) is 6.04 Å². The fourth-order valence-corrected chi connectivity index (χ4v) is 3.96. The number of terminal acetylenes is 2. The van der Waals surface area contributed by atoms with Crippen LogP contribution < -0.4 is 5.32 Å². The molecule has 2 rings (SSSR count). The summed E-state index contributed by atoms with van der Waals surface area (Å²) in [5.41, 5.74) is -0.00207. The van der Waals surface area contributed by atoms with Gasteiger partial charge in [0.25, 0.3) is 0 Å². The van der Waals surface area contributed by atoms with Gasteiger partial charge in [-0.2, -0.15) is 0 Å². The Labute approximate surface area is 128 Å². The van der Waals surface area contributed by atoms with Crippen LogP contribution in [0.4, 0.5) is 0 Å². The van der Waals surface area contributed by atoms with Crippen molar-refractivity contribution in [1.29, 1.82) is 0 Å². The molecule has 0 radical (unpaired) electrons. The van der Waals surface area contributed by atoms with Crippen molar-refractivity contribution in [2.75, 3.05) is 0 Å². The minimum atomic E-state index is -0.296. The normalized spacial score (nSPS) is 36.8. The summed E-state index contributed by atoms with van der Waals surface area (Å²) in [7, 11) is 0. The average molecular weight is 283 g/mol. The second kappa shape index (κ2) is 7.51. The smallest absolute Gasteiger partial charge is 0.0620 e. The number of nitrogens with one attached hydrogen (secondary N) is 1. The number of aliphatic hydroxyl groups excluding tert-OH is 1. The molecule has 0 aromatic carbocycles. The lowest BCUT2D eigenvalue weighted by Crippen LogP contribution is -2.61. The molecule has 4 atom stereocenters. The fourth-order valence-electron chi connectivity index (χ4n) is 3.96. The summed E-state index contributed by atoms with van der Waals surface area (Å²) in [6, 6.07) is 0.440. The van der Waals surface area contributed by atoms with E-state index in [4.69, 9.17) is 12.8 Å². The number of hydrogen-bond donors (Lipinski definition) is 2. The van der Waals surface area contributed by atoms with Crippen LogP contribution in [0, 0.1) is 30.6 Å². The first-order chi connectivity index (χ1) is 10.2. The highest BCUT2D eigenvalue weighted by atomic mass is 16.3. The molecule has 21 heavy (non-hydrogen) atoms. The maximum absolute atomic E-state index is 10.4. The lowest BCUT2D eigenvalue weighted by molar-refractivity contribution is 0.00394. The van der Waals surface area contributed by atoms with Gasteiger partial charge in [0.05, 0.1) is 6.10 Å². The summed E-state index contributed by atoms with van der Waals surface area (Å²) < 4.78 is 0. The third-order valence-corrected chi connectivity index (χ3v) is 4.88. The predicted molar refractivity (Wildman–Crippen MR) is 87.4 cm³/mol. The molecule has 1 aliphatic heterocycles. The first-order valence-electron chi connectivity index (χ1n) is 7.91. The molecule has 0 bridgehead atoms. The largest absolute Gasteiger partial charge is 0.392 e. The van der Waals surface area contributed by atoms with Gasteiger partial charge in [0.15, 0.2) is 0 Å². The van der Waals surface area contributed by atoms with Crippen molar-refractivity contribution in [3.8, 4) is 24.7 Å². The monoisotopic (exact) mass is 283 g/mol. The van der Waals surface area contributed by atoms with Gasteiger partial charge >= 0.3 is 0 Å². The molecule has 2 heteroatoms.